The largest absolute Gasteiger partial charge is 0.462 e. The van der Waals surface area contributed by atoms with Crippen LogP contribution in [0.2, 0.25) is 0 Å². The highest BCUT2D eigenvalue weighted by Crippen LogP contribution is 2.67. The van der Waals surface area contributed by atoms with E-state index in [2.05, 4.69) is 46.0 Å². The Morgan fingerprint density at radius 2 is 1.65 bits per heavy atom. The van der Waals surface area contributed by atoms with Crippen LogP contribution in [-0.2, 0) is 14.3 Å². The molecular weight excluding hydrogens is 596 g/mol. The summed E-state index contributed by atoms with van der Waals surface area (Å²) in [6, 6.07) is 0. The number of rotatable bonds is 20. The Morgan fingerprint density at radius 3 is 2.40 bits per heavy atom. The van der Waals surface area contributed by atoms with Crippen molar-refractivity contribution in [2.24, 2.45) is 57.8 Å². The van der Waals surface area contributed by atoms with E-state index in [-0.39, 0.29) is 36.2 Å². The molecular formula is C41H74N4O3. The predicted octanol–water partition coefficient (Wildman–Crippen LogP) is 7.62. The van der Waals surface area contributed by atoms with Gasteiger partial charge in [-0.1, -0.05) is 65.5 Å². The molecule has 4 rings (SSSR count). The van der Waals surface area contributed by atoms with Crippen LogP contribution >= 0.6 is 0 Å². The molecule has 0 aliphatic heterocycles. The van der Waals surface area contributed by atoms with Crippen LogP contribution in [0.1, 0.15) is 144 Å². The second-order valence-electron chi connectivity index (χ2n) is 17.3. The van der Waals surface area contributed by atoms with E-state index in [1.54, 1.807) is 5.57 Å². The summed E-state index contributed by atoms with van der Waals surface area (Å²) in [7, 11) is 0. The summed E-state index contributed by atoms with van der Waals surface area (Å²) >= 11 is 0. The molecule has 0 bridgehead atoms. The number of fused-ring (bicyclic) bond motifs is 5. The lowest BCUT2D eigenvalue weighted by Gasteiger charge is -2.58. The van der Waals surface area contributed by atoms with Crippen molar-refractivity contribution in [2.75, 3.05) is 39.3 Å². The first-order chi connectivity index (χ1) is 23.0. The fraction of sp³-hybridized carbons (Fsp3) is 0.902. The number of nitrogens with two attached hydrogens (primary N) is 2. The monoisotopic (exact) mass is 671 g/mol. The highest BCUT2D eigenvalue weighted by atomic mass is 16.5. The van der Waals surface area contributed by atoms with E-state index in [4.69, 9.17) is 16.2 Å². The lowest BCUT2D eigenvalue weighted by molar-refractivity contribution is -0.153. The molecule has 276 valence electrons. The van der Waals surface area contributed by atoms with E-state index < -0.39 is 0 Å². The third-order valence-electron chi connectivity index (χ3n) is 13.7. The maximum atomic E-state index is 13.1. The summed E-state index contributed by atoms with van der Waals surface area (Å²) in [6.07, 6.45) is 20.5. The smallest absolute Gasteiger partial charge is 0.306 e. The molecule has 48 heavy (non-hydrogen) atoms. The minimum absolute atomic E-state index is 0.0390. The van der Waals surface area contributed by atoms with Crippen LogP contribution in [0.3, 0.4) is 0 Å². The molecule has 3 saturated carbocycles. The second kappa shape index (κ2) is 18.7. The van der Waals surface area contributed by atoms with E-state index in [0.717, 1.165) is 93.5 Å². The van der Waals surface area contributed by atoms with E-state index >= 15 is 0 Å². The number of nitrogens with zero attached hydrogens (tertiary/aromatic N) is 1. The molecule has 7 heteroatoms. The SMILES string of the molecule is CC(C)CCC[C@@H](C)[C@H]1CC[C@H]2[C@@H]3CC=C4C[C@@H](OC(=O)CCC(=O)N(CCCN)CCCCNCCCN)CC[C@]4(C)[C@H]3CCC12C. The van der Waals surface area contributed by atoms with Crippen molar-refractivity contribution in [1.29, 1.82) is 0 Å². The Kier molecular flexibility index (Phi) is 15.3. The standard InChI is InChI=1S/C41H74N4O3/c1-30(2)11-8-12-31(3)35-15-16-36-34-14-13-32-29-33(19-21-40(32,4)37(34)20-22-41(35,36)5)48-39(47)18-17-38(46)45(28-10-24-43)27-7-6-25-44-26-9-23-42/h13,30-31,33-37,44H,6-12,14-29,42-43H2,1-5H3/t31-,33+,34+,35-,36+,37+,40+,41?/m1/s1. The molecule has 0 saturated heterocycles. The second-order valence-corrected chi connectivity index (χ2v) is 17.3. The molecule has 1 amide bonds. The molecule has 0 aromatic heterocycles. The van der Waals surface area contributed by atoms with Gasteiger partial charge in [0.15, 0.2) is 0 Å². The van der Waals surface area contributed by atoms with Gasteiger partial charge >= 0.3 is 5.97 Å². The minimum atomic E-state index is -0.220. The van der Waals surface area contributed by atoms with Gasteiger partial charge in [0.1, 0.15) is 6.10 Å². The number of esters is 1. The number of carbonyl (C=O) groups is 2. The zero-order valence-corrected chi connectivity index (χ0v) is 31.7. The molecule has 0 radical (unpaired) electrons. The normalized spacial score (nSPS) is 31.8. The van der Waals surface area contributed by atoms with Gasteiger partial charge < -0.3 is 26.4 Å². The summed E-state index contributed by atoms with van der Waals surface area (Å²) in [4.78, 5) is 28.0. The van der Waals surface area contributed by atoms with Crippen molar-refractivity contribution in [1.82, 2.24) is 10.2 Å². The molecule has 1 unspecified atom stereocenters. The van der Waals surface area contributed by atoms with E-state index in [0.29, 0.717) is 31.6 Å². The maximum Gasteiger partial charge on any atom is 0.306 e. The van der Waals surface area contributed by atoms with E-state index in [1.807, 2.05) is 4.90 Å². The van der Waals surface area contributed by atoms with Gasteiger partial charge in [0.2, 0.25) is 5.91 Å². The summed E-state index contributed by atoms with van der Waals surface area (Å²) in [6.45, 7) is 17.0. The first-order valence-electron chi connectivity index (χ1n) is 20.3. The average molecular weight is 671 g/mol. The van der Waals surface area contributed by atoms with Crippen molar-refractivity contribution >= 4 is 11.9 Å². The predicted molar refractivity (Wildman–Crippen MR) is 198 cm³/mol. The molecule has 3 fully saturated rings. The lowest BCUT2D eigenvalue weighted by Crippen LogP contribution is -2.51. The van der Waals surface area contributed by atoms with Gasteiger partial charge in [0.05, 0.1) is 6.42 Å². The fourth-order valence-electron chi connectivity index (χ4n) is 10.9. The highest BCUT2D eigenvalue weighted by Gasteiger charge is 2.59. The number of nitrogens with one attached hydrogen (secondary N) is 1. The highest BCUT2D eigenvalue weighted by molar-refractivity contribution is 5.81. The summed E-state index contributed by atoms with van der Waals surface area (Å²) in [5.41, 5.74) is 13.6. The van der Waals surface area contributed by atoms with Crippen LogP contribution < -0.4 is 16.8 Å². The van der Waals surface area contributed by atoms with Crippen molar-refractivity contribution in [3.63, 3.8) is 0 Å². The molecule has 7 nitrogen and oxygen atoms in total. The molecule has 4 aliphatic rings. The summed E-state index contributed by atoms with van der Waals surface area (Å²) in [5, 5.41) is 3.40. The van der Waals surface area contributed by atoms with Gasteiger partial charge in [-0.3, -0.25) is 9.59 Å². The maximum absolute atomic E-state index is 13.1. The van der Waals surface area contributed by atoms with Crippen molar-refractivity contribution in [3.8, 4) is 0 Å². The minimum Gasteiger partial charge on any atom is -0.462 e. The molecule has 0 heterocycles. The molecule has 5 N–H and O–H groups in total. The molecule has 0 aromatic carbocycles. The quantitative estimate of drug-likeness (QED) is 0.0699. The average Bonchev–Trinajstić information content (AvgIpc) is 3.42. The number of allylic oxidation sites excluding steroid dienone is 1. The van der Waals surface area contributed by atoms with Crippen LogP contribution in [0.15, 0.2) is 11.6 Å². The summed E-state index contributed by atoms with van der Waals surface area (Å²) in [5.74, 6) is 4.80. The number of ether oxygens (including phenoxy) is 1. The topological polar surface area (TPSA) is 111 Å². The Labute approximate surface area is 294 Å². The number of amides is 1. The third kappa shape index (κ3) is 9.87. The number of unbranched alkanes of at least 4 members (excludes halogenated alkanes) is 1. The zero-order valence-electron chi connectivity index (χ0n) is 31.7. The van der Waals surface area contributed by atoms with Gasteiger partial charge in [0.25, 0.3) is 0 Å². The third-order valence-corrected chi connectivity index (χ3v) is 13.7. The molecule has 4 aliphatic carbocycles. The Bertz CT molecular complexity index is 1050. The van der Waals surface area contributed by atoms with Gasteiger partial charge in [0, 0.05) is 25.9 Å². The Morgan fingerprint density at radius 1 is 0.896 bits per heavy atom. The van der Waals surface area contributed by atoms with Crippen LogP contribution in [0.5, 0.6) is 0 Å². The number of carbonyl (C=O) groups excluding carboxylic acids is 2. The first kappa shape index (κ1) is 39.3. The van der Waals surface area contributed by atoms with Crippen molar-refractivity contribution in [3.05, 3.63) is 11.6 Å². The van der Waals surface area contributed by atoms with Gasteiger partial charge in [-0.25, -0.2) is 0 Å². The molecule has 0 aromatic rings. The lowest BCUT2D eigenvalue weighted by atomic mass is 9.47. The number of hydrogen-bond acceptors (Lipinski definition) is 6. The van der Waals surface area contributed by atoms with Gasteiger partial charge in [-0.2, -0.15) is 0 Å². The van der Waals surface area contributed by atoms with Crippen LogP contribution in [0.4, 0.5) is 0 Å². The molecule has 0 spiro atoms. The first-order valence-corrected chi connectivity index (χ1v) is 20.3. The van der Waals surface area contributed by atoms with E-state index in [1.165, 1.54) is 51.4 Å². The van der Waals surface area contributed by atoms with Crippen molar-refractivity contribution < 1.29 is 14.3 Å². The zero-order chi connectivity index (χ0) is 34.7. The summed E-state index contributed by atoms with van der Waals surface area (Å²) < 4.78 is 6.06. The Hall–Kier alpha value is -1.44. The molecule has 8 atom stereocenters. The fourth-order valence-corrected chi connectivity index (χ4v) is 10.9. The van der Waals surface area contributed by atoms with E-state index in [9.17, 15) is 9.59 Å². The van der Waals surface area contributed by atoms with Gasteiger partial charge in [-0.15, -0.1) is 0 Å². The van der Waals surface area contributed by atoms with Gasteiger partial charge in [-0.05, 0) is 143 Å². The van der Waals surface area contributed by atoms with Crippen molar-refractivity contribution in [2.45, 2.75) is 150 Å². The van der Waals surface area contributed by atoms with Crippen LogP contribution in [0, 0.1) is 46.3 Å². The van der Waals surface area contributed by atoms with Crippen LogP contribution in [-0.4, -0.2) is 62.1 Å². The number of hydrogen-bond donors (Lipinski definition) is 3. The van der Waals surface area contributed by atoms with Crippen LogP contribution in [0.25, 0.3) is 0 Å². The Balaban J connectivity index is 1.25.